The predicted molar refractivity (Wildman–Crippen MR) is 167 cm³/mol. The van der Waals surface area contributed by atoms with Crippen LogP contribution >= 0.6 is 0 Å². The van der Waals surface area contributed by atoms with Gasteiger partial charge in [0.2, 0.25) is 5.91 Å². The topological polar surface area (TPSA) is 141 Å². The minimum absolute atomic E-state index is 0.107. The van der Waals surface area contributed by atoms with Crippen LogP contribution in [0.3, 0.4) is 0 Å². The number of carbonyl (C=O) groups excluding carboxylic acids is 3. The molecule has 3 aromatic rings. The molecule has 11 nitrogen and oxygen atoms in total. The van der Waals surface area contributed by atoms with Crippen LogP contribution in [-0.4, -0.2) is 71.5 Å². The third kappa shape index (κ3) is 9.29. The normalized spacial score (nSPS) is 14.0. The molecule has 232 valence electrons. The monoisotopic (exact) mass is 601 g/mol. The van der Waals surface area contributed by atoms with E-state index in [9.17, 15) is 24.3 Å². The van der Waals surface area contributed by atoms with Crippen LogP contribution < -0.4 is 20.3 Å². The molecular weight excluding hydrogens is 562 g/mol. The van der Waals surface area contributed by atoms with E-state index in [4.69, 9.17) is 4.74 Å². The maximum absolute atomic E-state index is 13.4. The van der Waals surface area contributed by atoms with Crippen LogP contribution in [0.5, 0.6) is 5.75 Å². The summed E-state index contributed by atoms with van der Waals surface area (Å²) in [5.74, 6) is -1.32. The number of nitrogens with zero attached hydrogens (tertiary/aromatic N) is 3. The van der Waals surface area contributed by atoms with Gasteiger partial charge >= 0.3 is 5.97 Å². The van der Waals surface area contributed by atoms with E-state index in [-0.39, 0.29) is 29.9 Å². The summed E-state index contributed by atoms with van der Waals surface area (Å²) in [4.78, 5) is 58.6. The summed E-state index contributed by atoms with van der Waals surface area (Å²) >= 11 is 0. The van der Waals surface area contributed by atoms with Crippen molar-refractivity contribution in [1.82, 2.24) is 15.2 Å². The molecule has 1 aliphatic heterocycles. The molecule has 1 aliphatic rings. The van der Waals surface area contributed by atoms with Gasteiger partial charge < -0.3 is 30.3 Å². The van der Waals surface area contributed by atoms with Crippen molar-refractivity contribution in [3.05, 3.63) is 84.2 Å². The van der Waals surface area contributed by atoms with Gasteiger partial charge in [0.25, 0.3) is 11.8 Å². The van der Waals surface area contributed by atoms with Crippen molar-refractivity contribution < 1.29 is 29.0 Å². The predicted octanol–water partition coefficient (Wildman–Crippen LogP) is 4.13. The number of pyridine rings is 1. The number of aromatic nitrogens is 1. The van der Waals surface area contributed by atoms with Crippen LogP contribution in [0, 0.1) is 5.41 Å². The first-order valence-electron chi connectivity index (χ1n) is 14.6. The van der Waals surface area contributed by atoms with Crippen molar-refractivity contribution in [3.8, 4) is 5.75 Å². The molecule has 0 radical (unpaired) electrons. The Labute approximate surface area is 257 Å². The molecule has 1 atom stereocenters. The lowest BCUT2D eigenvalue weighted by atomic mass is 9.91. The fraction of sp³-hybridized carbons (Fsp3) is 0.364. The minimum Gasteiger partial charge on any atom is -0.484 e. The fourth-order valence-corrected chi connectivity index (χ4v) is 4.92. The average Bonchev–Trinajstić information content (AvgIpc) is 2.99. The summed E-state index contributed by atoms with van der Waals surface area (Å²) in [7, 11) is 0. The highest BCUT2D eigenvalue weighted by atomic mass is 16.5. The van der Waals surface area contributed by atoms with Crippen molar-refractivity contribution in [2.24, 2.45) is 5.41 Å². The van der Waals surface area contributed by atoms with Gasteiger partial charge in [-0.15, -0.1) is 0 Å². The summed E-state index contributed by atoms with van der Waals surface area (Å²) in [6, 6.07) is 16.5. The highest BCUT2D eigenvalue weighted by Crippen LogP contribution is 2.30. The van der Waals surface area contributed by atoms with E-state index in [0.29, 0.717) is 55.3 Å². The molecular formula is C33H39N5O6. The molecule has 0 aliphatic carbocycles. The number of hydrogen-bond donors (Lipinski definition) is 3. The van der Waals surface area contributed by atoms with Gasteiger partial charge in [-0.25, -0.2) is 0 Å². The second-order valence-electron chi connectivity index (χ2n) is 11.9. The molecule has 2 heterocycles. The highest BCUT2D eigenvalue weighted by Gasteiger charge is 2.27. The largest absolute Gasteiger partial charge is 0.484 e. The Morgan fingerprint density at radius 3 is 2.34 bits per heavy atom. The molecule has 2 aromatic carbocycles. The Hall–Kier alpha value is -4.93. The van der Waals surface area contributed by atoms with E-state index < -0.39 is 23.8 Å². The van der Waals surface area contributed by atoms with E-state index in [0.717, 1.165) is 0 Å². The Morgan fingerprint density at radius 2 is 1.70 bits per heavy atom. The van der Waals surface area contributed by atoms with Gasteiger partial charge in [0.05, 0.1) is 23.8 Å². The van der Waals surface area contributed by atoms with Crippen molar-refractivity contribution >= 4 is 35.1 Å². The number of carboxylic acids is 1. The summed E-state index contributed by atoms with van der Waals surface area (Å²) in [6.07, 6.45) is 3.22. The van der Waals surface area contributed by atoms with Crippen LogP contribution in [-0.2, 0) is 14.4 Å². The van der Waals surface area contributed by atoms with E-state index >= 15 is 0 Å². The maximum Gasteiger partial charge on any atom is 0.305 e. The summed E-state index contributed by atoms with van der Waals surface area (Å²) in [5.41, 5.74) is 1.80. The van der Waals surface area contributed by atoms with Gasteiger partial charge in [0.15, 0.2) is 6.61 Å². The second kappa shape index (κ2) is 14.5. The molecule has 0 spiro atoms. The van der Waals surface area contributed by atoms with Gasteiger partial charge in [0, 0.05) is 50.6 Å². The molecule has 0 bridgehead atoms. The number of piperazine rings is 1. The second-order valence-corrected chi connectivity index (χ2v) is 11.9. The number of aliphatic carboxylic acids is 1. The van der Waals surface area contributed by atoms with Crippen LogP contribution in [0.15, 0.2) is 73.1 Å². The van der Waals surface area contributed by atoms with E-state index in [1.807, 2.05) is 43.9 Å². The maximum atomic E-state index is 13.4. The Kier molecular flexibility index (Phi) is 10.5. The molecule has 1 unspecified atom stereocenters. The van der Waals surface area contributed by atoms with E-state index in [2.05, 4.69) is 20.5 Å². The number of anilines is 2. The lowest BCUT2D eigenvalue weighted by Gasteiger charge is -2.38. The molecule has 3 N–H and O–H groups in total. The zero-order valence-electron chi connectivity index (χ0n) is 25.3. The Balaban J connectivity index is 1.53. The molecule has 1 saturated heterocycles. The molecule has 11 heteroatoms. The number of amides is 3. The number of hydrogen-bond acceptors (Lipinski definition) is 7. The zero-order chi connectivity index (χ0) is 31.7. The molecule has 0 saturated carbocycles. The highest BCUT2D eigenvalue weighted by molar-refractivity contribution is 6.00. The standard InChI is InChI=1S/C33H39N5O6/c1-33(2,3)20-30(40)38-16-14-37(15-17-38)28-12-11-23(18-27(28)35-29(39)22-44-25-9-5-4-6-10-25)32(43)36-26(19-31(41)42)24-8-7-13-34-21-24/h4-13,18,21,26H,14-17,19-20,22H2,1-3H3,(H,35,39)(H,36,43)(H,41,42). The SMILES string of the molecule is CC(C)(C)CC(=O)N1CCN(c2ccc(C(=O)NC(CC(=O)O)c3cccnc3)cc2NC(=O)COc2ccccc2)CC1. The number of carboxylic acid groups (broad SMARTS) is 1. The van der Waals surface area contributed by atoms with Gasteiger partial charge in [0.1, 0.15) is 5.75 Å². The molecule has 44 heavy (non-hydrogen) atoms. The van der Waals surface area contributed by atoms with Gasteiger partial charge in [-0.3, -0.25) is 24.2 Å². The number of rotatable bonds is 11. The first kappa shape index (κ1) is 32.0. The first-order chi connectivity index (χ1) is 21.0. The number of carbonyl (C=O) groups is 4. The van der Waals surface area contributed by atoms with Crippen molar-refractivity contribution in [1.29, 1.82) is 0 Å². The van der Waals surface area contributed by atoms with Crippen LogP contribution in [0.25, 0.3) is 0 Å². The quantitative estimate of drug-likeness (QED) is 0.298. The fourth-order valence-electron chi connectivity index (χ4n) is 4.92. The lowest BCUT2D eigenvalue weighted by Crippen LogP contribution is -2.49. The number of ether oxygens (including phenoxy) is 1. The third-order valence-corrected chi connectivity index (χ3v) is 7.07. The third-order valence-electron chi connectivity index (χ3n) is 7.07. The first-order valence-corrected chi connectivity index (χ1v) is 14.6. The van der Waals surface area contributed by atoms with Gasteiger partial charge in [-0.1, -0.05) is 45.0 Å². The van der Waals surface area contributed by atoms with Gasteiger partial charge in [-0.05, 0) is 47.4 Å². The van der Waals surface area contributed by atoms with Crippen molar-refractivity contribution in [2.75, 3.05) is 43.0 Å². The minimum atomic E-state index is -1.07. The van der Waals surface area contributed by atoms with Crippen LogP contribution in [0.1, 0.15) is 55.6 Å². The Bertz CT molecular complexity index is 1450. The van der Waals surface area contributed by atoms with Crippen molar-refractivity contribution in [3.63, 3.8) is 0 Å². The summed E-state index contributed by atoms with van der Waals surface area (Å²) < 4.78 is 5.61. The van der Waals surface area contributed by atoms with Gasteiger partial charge in [-0.2, -0.15) is 0 Å². The van der Waals surface area contributed by atoms with Crippen LogP contribution in [0.4, 0.5) is 11.4 Å². The smallest absolute Gasteiger partial charge is 0.305 e. The number of benzene rings is 2. The summed E-state index contributed by atoms with van der Waals surface area (Å²) in [5, 5.41) is 15.1. The van der Waals surface area contributed by atoms with Crippen LogP contribution in [0.2, 0.25) is 0 Å². The zero-order valence-corrected chi connectivity index (χ0v) is 25.3. The molecule has 3 amide bonds. The number of nitrogens with one attached hydrogen (secondary N) is 2. The number of para-hydroxylation sites is 1. The summed E-state index contributed by atoms with van der Waals surface area (Å²) in [6.45, 7) is 8.03. The van der Waals surface area contributed by atoms with E-state index in [1.165, 1.54) is 6.20 Å². The van der Waals surface area contributed by atoms with Crippen molar-refractivity contribution in [2.45, 2.75) is 39.7 Å². The molecule has 1 fully saturated rings. The Morgan fingerprint density at radius 1 is 0.977 bits per heavy atom. The molecule has 1 aromatic heterocycles. The average molecular weight is 602 g/mol. The van der Waals surface area contributed by atoms with E-state index in [1.54, 1.807) is 48.7 Å². The molecule has 4 rings (SSSR count). The lowest BCUT2D eigenvalue weighted by molar-refractivity contribution is -0.137.